The molecule has 0 bridgehead atoms. The van der Waals surface area contributed by atoms with Crippen LogP contribution in [0.3, 0.4) is 0 Å². The lowest BCUT2D eigenvalue weighted by atomic mass is 10.1. The van der Waals surface area contributed by atoms with Crippen molar-refractivity contribution in [2.75, 3.05) is 0 Å². The van der Waals surface area contributed by atoms with Crippen LogP contribution >= 0.6 is 0 Å². The van der Waals surface area contributed by atoms with Crippen molar-refractivity contribution in [2.24, 2.45) is 0 Å². The summed E-state index contributed by atoms with van der Waals surface area (Å²) < 4.78 is 0. The average molecular weight is 447 g/mol. The van der Waals surface area contributed by atoms with Crippen LogP contribution in [0, 0.1) is 0 Å². The van der Waals surface area contributed by atoms with Crippen LogP contribution in [0.25, 0.3) is 34.9 Å². The van der Waals surface area contributed by atoms with Crippen LogP contribution in [-0.4, -0.2) is 40.4 Å². The molecule has 0 aliphatic heterocycles. The van der Waals surface area contributed by atoms with Crippen molar-refractivity contribution in [3.05, 3.63) is 108 Å². The van der Waals surface area contributed by atoms with Gasteiger partial charge in [-0.25, -0.2) is 0 Å². The predicted octanol–water partition coefficient (Wildman–Crippen LogP) is 4.38. The Morgan fingerprint density at radius 3 is 1.38 bits per heavy atom. The highest BCUT2D eigenvalue weighted by Crippen LogP contribution is 2.27. The Morgan fingerprint density at radius 2 is 1.00 bits per heavy atom. The predicted molar refractivity (Wildman–Crippen MR) is 131 cm³/mol. The molecule has 0 fully saturated rings. The molecule has 0 atom stereocenters. The normalized spacial score (nSPS) is 10.8. The fourth-order valence-corrected chi connectivity index (χ4v) is 3.55. The fraction of sp³-hybridized carbons (Fsp3) is 0.0769. The molecule has 5 rings (SSSR count). The van der Waals surface area contributed by atoms with Crippen LogP contribution in [0.1, 0.15) is 22.3 Å². The molecule has 0 saturated heterocycles. The van der Waals surface area contributed by atoms with E-state index in [4.69, 9.17) is 0 Å². The summed E-state index contributed by atoms with van der Waals surface area (Å²) in [6.45, 7) is 8.61. The molecule has 2 aromatic heterocycles. The van der Waals surface area contributed by atoms with Crippen molar-refractivity contribution in [1.82, 2.24) is 40.4 Å². The molecule has 0 saturated carbocycles. The van der Waals surface area contributed by atoms with Crippen molar-refractivity contribution in [3.8, 4) is 22.8 Å². The second kappa shape index (κ2) is 9.41. The lowest BCUT2D eigenvalue weighted by Gasteiger charge is -2.03. The van der Waals surface area contributed by atoms with Crippen LogP contribution in [-0.2, 0) is 13.1 Å². The summed E-state index contributed by atoms with van der Waals surface area (Å²) in [6, 6.07) is 23.9. The molecule has 8 nitrogen and oxygen atoms in total. The van der Waals surface area contributed by atoms with E-state index in [-0.39, 0.29) is 0 Å². The SMILES string of the molecule is C=Cc1ccc(Cn2nnc(-c3ccccc3-c3nnn(Cc4ccc(C=C)cc4)n3)n2)cc1. The molecule has 0 radical (unpaired) electrons. The molecule has 8 heteroatoms. The minimum absolute atomic E-state index is 0.509. The smallest absolute Gasteiger partial charge is 0.159 e. The van der Waals surface area contributed by atoms with Gasteiger partial charge in [0.1, 0.15) is 0 Å². The number of nitrogens with zero attached hydrogens (tertiary/aromatic N) is 8. The quantitative estimate of drug-likeness (QED) is 0.352. The van der Waals surface area contributed by atoms with E-state index >= 15 is 0 Å². The number of hydrogen-bond acceptors (Lipinski definition) is 6. The van der Waals surface area contributed by atoms with E-state index < -0.39 is 0 Å². The molecule has 3 aromatic carbocycles. The first-order valence-corrected chi connectivity index (χ1v) is 10.8. The van der Waals surface area contributed by atoms with Gasteiger partial charge >= 0.3 is 0 Å². The van der Waals surface area contributed by atoms with Gasteiger partial charge in [-0.05, 0) is 32.7 Å². The maximum Gasteiger partial charge on any atom is 0.205 e. The maximum absolute atomic E-state index is 4.58. The van der Waals surface area contributed by atoms with Gasteiger partial charge in [-0.2, -0.15) is 9.59 Å². The zero-order valence-corrected chi connectivity index (χ0v) is 18.5. The number of rotatable bonds is 8. The summed E-state index contributed by atoms with van der Waals surface area (Å²) in [5.74, 6) is 1.02. The zero-order valence-electron chi connectivity index (χ0n) is 18.5. The van der Waals surface area contributed by atoms with Crippen LogP contribution in [0.5, 0.6) is 0 Å². The Kier molecular flexibility index (Phi) is 5.85. The molecule has 34 heavy (non-hydrogen) atoms. The van der Waals surface area contributed by atoms with Gasteiger partial charge < -0.3 is 0 Å². The van der Waals surface area contributed by atoms with E-state index in [1.807, 2.05) is 84.9 Å². The molecule has 2 heterocycles. The maximum atomic E-state index is 4.58. The molecule has 0 unspecified atom stereocenters. The van der Waals surface area contributed by atoms with Crippen LogP contribution in [0.15, 0.2) is 86.0 Å². The minimum Gasteiger partial charge on any atom is -0.159 e. The number of tetrazole rings is 2. The first-order valence-electron chi connectivity index (χ1n) is 10.8. The molecular weight excluding hydrogens is 424 g/mol. The van der Waals surface area contributed by atoms with Crippen LogP contribution < -0.4 is 0 Å². The Hall–Kier alpha value is -4.72. The van der Waals surface area contributed by atoms with E-state index in [9.17, 15) is 0 Å². The van der Waals surface area contributed by atoms with Crippen molar-refractivity contribution >= 4 is 12.2 Å². The van der Waals surface area contributed by atoms with Crippen molar-refractivity contribution in [2.45, 2.75) is 13.1 Å². The summed E-state index contributed by atoms with van der Waals surface area (Å²) in [7, 11) is 0. The lowest BCUT2D eigenvalue weighted by Crippen LogP contribution is -2.04. The van der Waals surface area contributed by atoms with Gasteiger partial charge in [0.2, 0.25) is 11.6 Å². The minimum atomic E-state index is 0.509. The van der Waals surface area contributed by atoms with Gasteiger partial charge in [0, 0.05) is 11.1 Å². The van der Waals surface area contributed by atoms with Crippen LogP contribution in [0.2, 0.25) is 0 Å². The lowest BCUT2D eigenvalue weighted by molar-refractivity contribution is 0.572. The Balaban J connectivity index is 1.36. The van der Waals surface area contributed by atoms with E-state index in [0.29, 0.717) is 24.7 Å². The van der Waals surface area contributed by atoms with Gasteiger partial charge in [0.25, 0.3) is 0 Å². The van der Waals surface area contributed by atoms with Crippen molar-refractivity contribution < 1.29 is 0 Å². The zero-order chi connectivity index (χ0) is 23.3. The summed E-state index contributed by atoms with van der Waals surface area (Å²) in [6.07, 6.45) is 3.63. The summed E-state index contributed by atoms with van der Waals surface area (Å²) in [5.41, 5.74) is 5.89. The van der Waals surface area contributed by atoms with E-state index in [1.54, 1.807) is 9.59 Å². The number of aromatic nitrogens is 8. The van der Waals surface area contributed by atoms with Gasteiger partial charge in [-0.3, -0.25) is 0 Å². The summed E-state index contributed by atoms with van der Waals surface area (Å²) in [5, 5.41) is 26.1. The Labute approximate surface area is 196 Å². The third-order valence-electron chi connectivity index (χ3n) is 5.39. The van der Waals surface area contributed by atoms with Gasteiger partial charge in [-0.15, -0.1) is 20.4 Å². The van der Waals surface area contributed by atoms with Gasteiger partial charge in [0.05, 0.1) is 13.1 Å². The molecule has 166 valence electrons. The van der Waals surface area contributed by atoms with E-state index in [0.717, 1.165) is 33.4 Å². The Morgan fingerprint density at radius 1 is 0.588 bits per heavy atom. The topological polar surface area (TPSA) is 87.2 Å². The standard InChI is InChI=1S/C26H22N8/c1-3-19-9-13-21(14-10-19)17-33-29-25(27-31-33)23-7-5-6-8-24(23)26-28-32-34(30-26)18-22-15-11-20(4-2)12-16-22/h3-16H,1-2,17-18H2. The largest absolute Gasteiger partial charge is 0.205 e. The summed E-state index contributed by atoms with van der Waals surface area (Å²) >= 11 is 0. The molecule has 0 aliphatic rings. The van der Waals surface area contributed by atoms with Crippen LogP contribution in [0.4, 0.5) is 0 Å². The third-order valence-corrected chi connectivity index (χ3v) is 5.39. The average Bonchev–Trinajstić information content (AvgIpc) is 3.55. The van der Waals surface area contributed by atoms with E-state index in [2.05, 4.69) is 44.0 Å². The van der Waals surface area contributed by atoms with Crippen molar-refractivity contribution in [3.63, 3.8) is 0 Å². The third kappa shape index (κ3) is 4.56. The second-order valence-electron chi connectivity index (χ2n) is 7.72. The highest BCUT2D eigenvalue weighted by atomic mass is 15.6. The first kappa shape index (κ1) is 21.1. The highest BCUT2D eigenvalue weighted by molar-refractivity contribution is 5.76. The second-order valence-corrected chi connectivity index (χ2v) is 7.72. The number of hydrogen-bond donors (Lipinski definition) is 0. The molecule has 0 N–H and O–H groups in total. The molecular formula is C26H22N8. The van der Waals surface area contributed by atoms with E-state index in [1.165, 1.54) is 0 Å². The monoisotopic (exact) mass is 446 g/mol. The highest BCUT2D eigenvalue weighted by Gasteiger charge is 2.16. The molecule has 0 spiro atoms. The number of benzene rings is 3. The summed E-state index contributed by atoms with van der Waals surface area (Å²) in [4.78, 5) is 3.15. The molecule has 0 aliphatic carbocycles. The fourth-order valence-electron chi connectivity index (χ4n) is 3.55. The Bertz CT molecular complexity index is 1320. The molecule has 5 aromatic rings. The van der Waals surface area contributed by atoms with Gasteiger partial charge in [0.15, 0.2) is 0 Å². The first-order chi connectivity index (χ1) is 16.7. The molecule has 0 amide bonds. The van der Waals surface area contributed by atoms with Gasteiger partial charge in [-0.1, -0.05) is 98.1 Å². The van der Waals surface area contributed by atoms with Crippen molar-refractivity contribution in [1.29, 1.82) is 0 Å².